The van der Waals surface area contributed by atoms with Crippen LogP contribution in [0.4, 0.5) is 0 Å². The summed E-state index contributed by atoms with van der Waals surface area (Å²) < 4.78 is 0. The molecule has 0 radical (unpaired) electrons. The third-order valence-electron chi connectivity index (χ3n) is 3.04. The summed E-state index contributed by atoms with van der Waals surface area (Å²) in [5.41, 5.74) is 1.12. The minimum atomic E-state index is 0.249. The minimum Gasteiger partial charge on any atom is -0.396 e. The summed E-state index contributed by atoms with van der Waals surface area (Å²) >= 11 is 1.77. The van der Waals surface area contributed by atoms with Crippen molar-refractivity contribution in [3.63, 3.8) is 0 Å². The number of hydrogen-bond acceptors (Lipinski definition) is 4. The Morgan fingerprint density at radius 1 is 1.37 bits per heavy atom. The summed E-state index contributed by atoms with van der Waals surface area (Å²) in [5, 5.41) is 12.9. The monoisotopic (exact) mass is 282 g/mol. The highest BCUT2D eigenvalue weighted by molar-refractivity contribution is 7.99. The summed E-state index contributed by atoms with van der Waals surface area (Å²) in [6.07, 6.45) is 4.97. The molecule has 0 saturated carbocycles. The lowest BCUT2D eigenvalue weighted by Gasteiger charge is -2.16. The number of rotatable bonds is 9. The Kier molecular flexibility index (Phi) is 8.10. The minimum absolute atomic E-state index is 0.249. The summed E-state index contributed by atoms with van der Waals surface area (Å²) in [5.74, 6) is 0. The lowest BCUT2D eigenvalue weighted by molar-refractivity contribution is 0.289. The number of aliphatic hydroxyl groups excluding tert-OH is 1. The molecule has 0 aromatic carbocycles. The lowest BCUT2D eigenvalue weighted by atomic mass is 10.1. The Balaban J connectivity index is 2.58. The molecule has 19 heavy (non-hydrogen) atoms. The summed E-state index contributed by atoms with van der Waals surface area (Å²) in [6.45, 7) is 7.77. The van der Waals surface area contributed by atoms with Gasteiger partial charge in [-0.05, 0) is 37.9 Å². The molecule has 2 unspecified atom stereocenters. The van der Waals surface area contributed by atoms with E-state index in [0.717, 1.165) is 31.5 Å². The smallest absolute Gasteiger partial charge is 0.0573 e. The fraction of sp³-hybridized carbons (Fsp3) is 0.667. The third-order valence-corrected chi connectivity index (χ3v) is 4.19. The van der Waals surface area contributed by atoms with E-state index in [1.54, 1.807) is 11.8 Å². The zero-order valence-electron chi connectivity index (χ0n) is 12.2. The van der Waals surface area contributed by atoms with E-state index in [1.807, 2.05) is 6.20 Å². The Labute approximate surface area is 121 Å². The van der Waals surface area contributed by atoms with E-state index in [0.29, 0.717) is 11.3 Å². The number of aliphatic hydroxyl groups is 1. The van der Waals surface area contributed by atoms with Crippen LogP contribution in [0, 0.1) is 0 Å². The van der Waals surface area contributed by atoms with E-state index in [9.17, 15) is 0 Å². The van der Waals surface area contributed by atoms with Gasteiger partial charge >= 0.3 is 0 Å². The predicted octanol–water partition coefficient (Wildman–Crippen LogP) is 3.40. The number of nitrogens with one attached hydrogen (secondary N) is 1. The molecule has 0 amide bonds. The molecule has 3 nitrogen and oxygen atoms in total. The van der Waals surface area contributed by atoms with Crippen LogP contribution in [0.2, 0.25) is 0 Å². The van der Waals surface area contributed by atoms with E-state index >= 15 is 0 Å². The fourth-order valence-electron chi connectivity index (χ4n) is 1.92. The number of hydrogen-bond donors (Lipinski definition) is 2. The van der Waals surface area contributed by atoms with Crippen molar-refractivity contribution in [2.45, 2.75) is 56.2 Å². The molecule has 0 spiro atoms. The Morgan fingerprint density at radius 2 is 2.16 bits per heavy atom. The molecule has 0 fully saturated rings. The van der Waals surface area contributed by atoms with Gasteiger partial charge in [0, 0.05) is 29.0 Å². The van der Waals surface area contributed by atoms with Crippen LogP contribution < -0.4 is 5.32 Å². The first kappa shape index (κ1) is 16.5. The maximum absolute atomic E-state index is 8.91. The van der Waals surface area contributed by atoms with Crippen LogP contribution in [-0.4, -0.2) is 28.5 Å². The van der Waals surface area contributed by atoms with Gasteiger partial charge in [0.05, 0.1) is 5.69 Å². The SMILES string of the molecule is CCCNC(CC)c1ccc(SC(C)CCO)cn1. The summed E-state index contributed by atoms with van der Waals surface area (Å²) in [7, 11) is 0. The second-order valence-electron chi connectivity index (χ2n) is 4.77. The average Bonchev–Trinajstić information content (AvgIpc) is 2.41. The van der Waals surface area contributed by atoms with E-state index < -0.39 is 0 Å². The average molecular weight is 282 g/mol. The van der Waals surface area contributed by atoms with Gasteiger partial charge in [0.25, 0.3) is 0 Å². The first-order valence-corrected chi connectivity index (χ1v) is 8.06. The van der Waals surface area contributed by atoms with Crippen LogP contribution in [0.3, 0.4) is 0 Å². The van der Waals surface area contributed by atoms with Crippen molar-refractivity contribution in [2.24, 2.45) is 0 Å². The predicted molar refractivity (Wildman–Crippen MR) is 82.6 cm³/mol. The van der Waals surface area contributed by atoms with E-state index in [1.165, 1.54) is 4.90 Å². The summed E-state index contributed by atoms with van der Waals surface area (Å²) in [4.78, 5) is 5.75. The number of thioether (sulfide) groups is 1. The van der Waals surface area contributed by atoms with Crippen molar-refractivity contribution in [1.82, 2.24) is 10.3 Å². The second-order valence-corrected chi connectivity index (χ2v) is 6.29. The first-order valence-electron chi connectivity index (χ1n) is 7.18. The van der Waals surface area contributed by atoms with Crippen molar-refractivity contribution in [3.05, 3.63) is 24.0 Å². The molecule has 0 aliphatic carbocycles. The van der Waals surface area contributed by atoms with Crippen LogP contribution >= 0.6 is 11.8 Å². The molecule has 2 N–H and O–H groups in total. The van der Waals surface area contributed by atoms with Gasteiger partial charge in [0.2, 0.25) is 0 Å². The Bertz CT molecular complexity index is 343. The molecule has 0 bridgehead atoms. The molecular weight excluding hydrogens is 256 g/mol. The number of nitrogens with zero attached hydrogens (tertiary/aromatic N) is 1. The fourth-order valence-corrected chi connectivity index (χ4v) is 2.87. The lowest BCUT2D eigenvalue weighted by Crippen LogP contribution is -2.22. The molecule has 0 saturated heterocycles. The highest BCUT2D eigenvalue weighted by Crippen LogP contribution is 2.25. The molecule has 0 aliphatic heterocycles. The molecule has 2 atom stereocenters. The van der Waals surface area contributed by atoms with Crippen molar-refractivity contribution in [3.8, 4) is 0 Å². The molecule has 1 aromatic heterocycles. The third kappa shape index (κ3) is 5.93. The maximum Gasteiger partial charge on any atom is 0.0573 e. The standard InChI is InChI=1S/C15H26N2OS/c1-4-9-16-14(5-2)15-7-6-13(11-17-15)19-12(3)8-10-18/h6-7,11-12,14,16,18H,4-5,8-10H2,1-3H3. The highest BCUT2D eigenvalue weighted by atomic mass is 32.2. The van der Waals surface area contributed by atoms with Gasteiger partial charge in [-0.3, -0.25) is 4.98 Å². The van der Waals surface area contributed by atoms with Crippen LogP contribution in [-0.2, 0) is 0 Å². The van der Waals surface area contributed by atoms with Gasteiger partial charge in [-0.25, -0.2) is 0 Å². The topological polar surface area (TPSA) is 45.1 Å². The molecule has 108 valence electrons. The van der Waals surface area contributed by atoms with Crippen molar-refractivity contribution >= 4 is 11.8 Å². The van der Waals surface area contributed by atoms with Crippen LogP contribution in [0.1, 0.15) is 51.8 Å². The quantitative estimate of drug-likeness (QED) is 0.681. The van der Waals surface area contributed by atoms with Crippen molar-refractivity contribution in [2.75, 3.05) is 13.2 Å². The zero-order valence-corrected chi connectivity index (χ0v) is 13.0. The van der Waals surface area contributed by atoms with E-state index in [2.05, 4.69) is 43.2 Å². The van der Waals surface area contributed by atoms with Crippen molar-refractivity contribution in [1.29, 1.82) is 0 Å². The van der Waals surface area contributed by atoms with Gasteiger partial charge in [-0.1, -0.05) is 20.8 Å². The van der Waals surface area contributed by atoms with Gasteiger partial charge in [0.15, 0.2) is 0 Å². The Hall–Kier alpha value is -0.580. The second kappa shape index (κ2) is 9.34. The molecule has 1 heterocycles. The molecular formula is C15H26N2OS. The largest absolute Gasteiger partial charge is 0.396 e. The first-order chi connectivity index (χ1) is 9.21. The zero-order chi connectivity index (χ0) is 14.1. The molecule has 1 aromatic rings. The number of pyridine rings is 1. The molecule has 4 heteroatoms. The van der Waals surface area contributed by atoms with Crippen molar-refractivity contribution < 1.29 is 5.11 Å². The molecule has 0 aliphatic rings. The van der Waals surface area contributed by atoms with Gasteiger partial charge in [0.1, 0.15) is 0 Å². The maximum atomic E-state index is 8.91. The normalized spacial score (nSPS) is 14.3. The Morgan fingerprint density at radius 3 is 2.68 bits per heavy atom. The van der Waals surface area contributed by atoms with Crippen LogP contribution in [0.15, 0.2) is 23.2 Å². The van der Waals surface area contributed by atoms with Gasteiger partial charge in [-0.15, -0.1) is 11.8 Å². The van der Waals surface area contributed by atoms with Crippen LogP contribution in [0.5, 0.6) is 0 Å². The summed E-state index contributed by atoms with van der Waals surface area (Å²) in [6, 6.07) is 4.61. The van der Waals surface area contributed by atoms with E-state index in [4.69, 9.17) is 5.11 Å². The highest BCUT2D eigenvalue weighted by Gasteiger charge is 2.10. The number of aromatic nitrogens is 1. The van der Waals surface area contributed by atoms with Gasteiger partial charge < -0.3 is 10.4 Å². The van der Waals surface area contributed by atoms with Crippen LogP contribution in [0.25, 0.3) is 0 Å². The molecule has 1 rings (SSSR count). The van der Waals surface area contributed by atoms with E-state index in [-0.39, 0.29) is 6.61 Å². The van der Waals surface area contributed by atoms with Gasteiger partial charge in [-0.2, -0.15) is 0 Å².